The number of hydrogen-bond acceptors (Lipinski definition) is 5. The van der Waals surface area contributed by atoms with E-state index in [1.807, 2.05) is 32.0 Å². The predicted octanol–water partition coefficient (Wildman–Crippen LogP) is 3.99. The Bertz CT molecular complexity index is 1190. The largest absolute Gasteiger partial charge is 0.282 e. The van der Waals surface area contributed by atoms with Crippen LogP contribution in [0, 0.1) is 24.0 Å². The van der Waals surface area contributed by atoms with E-state index in [9.17, 15) is 19.7 Å². The van der Waals surface area contributed by atoms with E-state index in [1.165, 1.54) is 24.4 Å². The fourth-order valence-electron chi connectivity index (χ4n) is 3.42. The number of nitro groups is 1. The lowest BCUT2D eigenvalue weighted by atomic mass is 9.94. The van der Waals surface area contributed by atoms with Crippen LogP contribution in [0.2, 0.25) is 0 Å². The molecule has 0 radical (unpaired) electrons. The molecule has 3 aromatic carbocycles. The zero-order valence-corrected chi connectivity index (χ0v) is 15.2. The van der Waals surface area contributed by atoms with Crippen LogP contribution < -0.4 is 0 Å². The van der Waals surface area contributed by atoms with Crippen LogP contribution in [0.15, 0.2) is 53.6 Å². The van der Waals surface area contributed by atoms with Crippen molar-refractivity contribution in [1.82, 2.24) is 5.01 Å². The summed E-state index contributed by atoms with van der Waals surface area (Å²) < 4.78 is 0. The fraction of sp³-hybridized carbons (Fsp3) is 0.0952. The van der Waals surface area contributed by atoms with Crippen molar-refractivity contribution < 1.29 is 14.5 Å². The number of carbonyl (C=O) groups excluding carboxylic acids is 2. The lowest BCUT2D eigenvalue weighted by Crippen LogP contribution is -2.36. The molecule has 0 unspecified atom stereocenters. The van der Waals surface area contributed by atoms with Crippen LogP contribution in [0.25, 0.3) is 10.8 Å². The summed E-state index contributed by atoms with van der Waals surface area (Å²) in [5, 5.41) is 16.8. The van der Waals surface area contributed by atoms with Crippen molar-refractivity contribution in [2.24, 2.45) is 5.10 Å². The molecular formula is C21H15N3O4. The fourth-order valence-corrected chi connectivity index (χ4v) is 3.42. The molecule has 1 aliphatic rings. The Morgan fingerprint density at radius 2 is 1.71 bits per heavy atom. The summed E-state index contributed by atoms with van der Waals surface area (Å²) in [5.41, 5.74) is 3.15. The van der Waals surface area contributed by atoms with Gasteiger partial charge in [-0.05, 0) is 43.2 Å². The molecule has 0 spiro atoms. The van der Waals surface area contributed by atoms with E-state index < -0.39 is 16.7 Å². The number of hydrogen-bond donors (Lipinski definition) is 0. The molecule has 0 aromatic heterocycles. The van der Waals surface area contributed by atoms with Gasteiger partial charge in [0.15, 0.2) is 0 Å². The summed E-state index contributed by atoms with van der Waals surface area (Å²) in [6, 6.07) is 13.1. The maximum atomic E-state index is 12.9. The third-order valence-corrected chi connectivity index (χ3v) is 4.80. The van der Waals surface area contributed by atoms with Gasteiger partial charge >= 0.3 is 0 Å². The van der Waals surface area contributed by atoms with Gasteiger partial charge < -0.3 is 0 Å². The maximum Gasteiger partial charge on any atom is 0.282 e. The van der Waals surface area contributed by atoms with Crippen molar-refractivity contribution in [2.75, 3.05) is 0 Å². The molecule has 4 rings (SSSR count). The van der Waals surface area contributed by atoms with Gasteiger partial charge in [-0.2, -0.15) is 10.1 Å². The van der Waals surface area contributed by atoms with E-state index in [2.05, 4.69) is 5.10 Å². The molecule has 3 aromatic rings. The highest BCUT2D eigenvalue weighted by molar-refractivity contribution is 6.26. The van der Waals surface area contributed by atoms with Gasteiger partial charge in [0.05, 0.1) is 27.7 Å². The van der Waals surface area contributed by atoms with Gasteiger partial charge in [0.1, 0.15) is 0 Å². The molecule has 7 heteroatoms. The average Bonchev–Trinajstić information content (AvgIpc) is 2.66. The molecule has 1 aliphatic heterocycles. The zero-order chi connectivity index (χ0) is 20.0. The average molecular weight is 373 g/mol. The maximum absolute atomic E-state index is 12.9. The van der Waals surface area contributed by atoms with Gasteiger partial charge in [0.25, 0.3) is 17.5 Å². The molecule has 138 valence electrons. The van der Waals surface area contributed by atoms with Crippen LogP contribution in [0.5, 0.6) is 0 Å². The number of imide groups is 1. The molecule has 0 aliphatic carbocycles. The van der Waals surface area contributed by atoms with Gasteiger partial charge in [-0.25, -0.2) is 0 Å². The SMILES string of the molecule is Cc1ccc(C=NN2C(=O)c3cccc4c([N+](=O)[O-])ccc(c34)C2=O)c(C)c1. The second-order valence-corrected chi connectivity index (χ2v) is 6.64. The highest BCUT2D eigenvalue weighted by Crippen LogP contribution is 2.35. The molecular weight excluding hydrogens is 358 g/mol. The van der Waals surface area contributed by atoms with E-state index in [-0.39, 0.29) is 22.2 Å². The molecule has 0 N–H and O–H groups in total. The topological polar surface area (TPSA) is 92.9 Å². The smallest absolute Gasteiger partial charge is 0.267 e. The number of amides is 2. The van der Waals surface area contributed by atoms with Crippen molar-refractivity contribution >= 4 is 34.5 Å². The summed E-state index contributed by atoms with van der Waals surface area (Å²) in [6.07, 6.45) is 1.47. The third kappa shape index (κ3) is 2.64. The molecule has 0 saturated heterocycles. The first-order chi connectivity index (χ1) is 13.4. The summed E-state index contributed by atoms with van der Waals surface area (Å²) in [4.78, 5) is 36.5. The Labute approximate surface area is 160 Å². The first-order valence-corrected chi connectivity index (χ1v) is 8.58. The van der Waals surface area contributed by atoms with Crippen LogP contribution in [0.1, 0.15) is 37.4 Å². The second kappa shape index (κ2) is 6.38. The Balaban J connectivity index is 1.82. The molecule has 0 atom stereocenters. The lowest BCUT2D eigenvalue weighted by molar-refractivity contribution is -0.383. The molecule has 28 heavy (non-hydrogen) atoms. The number of non-ortho nitro benzene ring substituents is 1. The standard InChI is InChI=1S/C21H15N3O4/c1-12-6-7-14(13(2)10-12)11-22-23-20(25)16-5-3-4-15-18(24(27)28)9-8-17(19(15)16)21(23)26/h3-11H,1-2H3. The van der Waals surface area contributed by atoms with Crippen molar-refractivity contribution in [3.05, 3.63) is 86.5 Å². The number of nitrogens with zero attached hydrogens (tertiary/aromatic N) is 3. The minimum atomic E-state index is -0.607. The van der Waals surface area contributed by atoms with Crippen LogP contribution in [0.3, 0.4) is 0 Å². The Morgan fingerprint density at radius 1 is 1.00 bits per heavy atom. The summed E-state index contributed by atoms with van der Waals surface area (Å²) in [7, 11) is 0. The minimum Gasteiger partial charge on any atom is -0.267 e. The van der Waals surface area contributed by atoms with E-state index in [0.29, 0.717) is 5.39 Å². The number of hydrazone groups is 1. The predicted molar refractivity (Wildman–Crippen MR) is 105 cm³/mol. The van der Waals surface area contributed by atoms with E-state index >= 15 is 0 Å². The molecule has 2 amide bonds. The molecule has 1 heterocycles. The summed E-state index contributed by atoms with van der Waals surface area (Å²) in [5.74, 6) is -1.21. The summed E-state index contributed by atoms with van der Waals surface area (Å²) >= 11 is 0. The monoisotopic (exact) mass is 373 g/mol. The van der Waals surface area contributed by atoms with Crippen LogP contribution in [-0.2, 0) is 0 Å². The van der Waals surface area contributed by atoms with Gasteiger partial charge in [-0.1, -0.05) is 29.8 Å². The van der Waals surface area contributed by atoms with E-state index in [0.717, 1.165) is 21.7 Å². The van der Waals surface area contributed by atoms with Crippen molar-refractivity contribution in [3.63, 3.8) is 0 Å². The highest BCUT2D eigenvalue weighted by Gasteiger charge is 2.34. The van der Waals surface area contributed by atoms with Gasteiger partial charge in [0, 0.05) is 11.5 Å². The number of aryl methyl sites for hydroxylation is 2. The minimum absolute atomic E-state index is 0.145. The van der Waals surface area contributed by atoms with Crippen LogP contribution >= 0.6 is 0 Å². The third-order valence-electron chi connectivity index (χ3n) is 4.80. The van der Waals surface area contributed by atoms with Gasteiger partial charge in [-0.3, -0.25) is 19.7 Å². The number of carbonyl (C=O) groups is 2. The zero-order valence-electron chi connectivity index (χ0n) is 15.2. The first kappa shape index (κ1) is 17.5. The van der Waals surface area contributed by atoms with Gasteiger partial charge in [-0.15, -0.1) is 0 Å². The van der Waals surface area contributed by atoms with Gasteiger partial charge in [0.2, 0.25) is 0 Å². The van der Waals surface area contributed by atoms with Crippen molar-refractivity contribution in [1.29, 1.82) is 0 Å². The number of nitro benzene ring substituents is 1. The normalized spacial score (nSPS) is 13.6. The quantitative estimate of drug-likeness (QED) is 0.300. The van der Waals surface area contributed by atoms with Crippen molar-refractivity contribution in [3.8, 4) is 0 Å². The number of benzene rings is 3. The lowest BCUT2D eigenvalue weighted by Gasteiger charge is -2.23. The van der Waals surface area contributed by atoms with Crippen LogP contribution in [0.4, 0.5) is 5.69 Å². The molecule has 7 nitrogen and oxygen atoms in total. The van der Waals surface area contributed by atoms with E-state index in [1.54, 1.807) is 12.1 Å². The first-order valence-electron chi connectivity index (χ1n) is 8.58. The summed E-state index contributed by atoms with van der Waals surface area (Å²) in [6.45, 7) is 3.89. The Kier molecular flexibility index (Phi) is 4.00. The molecule has 0 bridgehead atoms. The Hall–Kier alpha value is -3.87. The van der Waals surface area contributed by atoms with Crippen molar-refractivity contribution in [2.45, 2.75) is 13.8 Å². The van der Waals surface area contributed by atoms with E-state index in [4.69, 9.17) is 0 Å². The Morgan fingerprint density at radius 3 is 2.39 bits per heavy atom. The van der Waals surface area contributed by atoms with Crippen LogP contribution in [-0.4, -0.2) is 28.0 Å². The number of rotatable bonds is 3. The highest BCUT2D eigenvalue weighted by atomic mass is 16.6. The molecule has 0 fully saturated rings. The molecule has 0 saturated carbocycles. The second-order valence-electron chi connectivity index (χ2n) is 6.64.